The van der Waals surface area contributed by atoms with E-state index in [1.54, 1.807) is 0 Å². The van der Waals surface area contributed by atoms with E-state index in [1.807, 2.05) is 56.3 Å². The Balaban J connectivity index is 1.62. The second-order valence-corrected chi connectivity index (χ2v) is 6.79. The highest BCUT2D eigenvalue weighted by Gasteiger charge is 2.27. The first-order valence-corrected chi connectivity index (χ1v) is 8.60. The van der Waals surface area contributed by atoms with Crippen molar-refractivity contribution in [2.45, 2.75) is 25.9 Å². The molecule has 0 radical (unpaired) electrons. The molecule has 2 heterocycles. The number of anilines is 1. The van der Waals surface area contributed by atoms with E-state index < -0.39 is 5.60 Å². The molecule has 0 spiro atoms. The van der Waals surface area contributed by atoms with Crippen LogP contribution >= 0.6 is 0 Å². The lowest BCUT2D eigenvalue weighted by molar-refractivity contribution is 0.0178. The molecule has 1 atom stereocenters. The first-order valence-electron chi connectivity index (χ1n) is 8.60. The molecule has 128 valence electrons. The van der Waals surface area contributed by atoms with E-state index >= 15 is 0 Å². The summed E-state index contributed by atoms with van der Waals surface area (Å²) in [6.07, 6.45) is 1.06. The normalized spacial score (nSPS) is 18.9. The highest BCUT2D eigenvalue weighted by Crippen LogP contribution is 2.22. The van der Waals surface area contributed by atoms with Crippen molar-refractivity contribution in [3.05, 3.63) is 53.7 Å². The van der Waals surface area contributed by atoms with E-state index in [0.717, 1.165) is 49.7 Å². The lowest BCUT2D eigenvalue weighted by atomic mass is 9.95. The number of β-amino-alcohol motifs (C(OH)–C–C–N with tert-alkyl or cyclic N) is 1. The summed E-state index contributed by atoms with van der Waals surface area (Å²) >= 11 is 0. The van der Waals surface area contributed by atoms with Gasteiger partial charge in [0.15, 0.2) is 5.82 Å². The number of aliphatic hydroxyl groups is 1. The molecule has 0 aliphatic carbocycles. The second kappa shape index (κ2) is 7.28. The number of benzene rings is 1. The van der Waals surface area contributed by atoms with Crippen LogP contribution in [0.2, 0.25) is 0 Å². The van der Waals surface area contributed by atoms with Gasteiger partial charge in [0.2, 0.25) is 0 Å². The SMILES string of the molecule is Cc1ccc(N2CCCN(CC(C)(O)c3ccccc3)CC2)nn1. The van der Waals surface area contributed by atoms with Crippen LogP contribution in [0.15, 0.2) is 42.5 Å². The van der Waals surface area contributed by atoms with Gasteiger partial charge in [-0.15, -0.1) is 5.10 Å². The van der Waals surface area contributed by atoms with Crippen LogP contribution in [0.1, 0.15) is 24.6 Å². The van der Waals surface area contributed by atoms with Crippen LogP contribution in [-0.2, 0) is 5.60 Å². The van der Waals surface area contributed by atoms with Crippen LogP contribution < -0.4 is 4.90 Å². The van der Waals surface area contributed by atoms with Gasteiger partial charge in [-0.3, -0.25) is 4.90 Å². The molecule has 0 saturated carbocycles. The van der Waals surface area contributed by atoms with Crippen molar-refractivity contribution in [1.82, 2.24) is 15.1 Å². The first-order chi connectivity index (χ1) is 11.5. The van der Waals surface area contributed by atoms with Gasteiger partial charge in [0.1, 0.15) is 0 Å². The Hall–Kier alpha value is -1.98. The van der Waals surface area contributed by atoms with Crippen molar-refractivity contribution in [3.8, 4) is 0 Å². The molecular weight excluding hydrogens is 300 g/mol. The average Bonchev–Trinajstić information content (AvgIpc) is 2.82. The molecule has 5 heteroatoms. The number of hydrogen-bond donors (Lipinski definition) is 1. The van der Waals surface area contributed by atoms with E-state index in [0.29, 0.717) is 6.54 Å². The summed E-state index contributed by atoms with van der Waals surface area (Å²) < 4.78 is 0. The summed E-state index contributed by atoms with van der Waals surface area (Å²) in [7, 11) is 0. The Morgan fingerprint density at radius 1 is 1.00 bits per heavy atom. The standard InChI is InChI=1S/C19H26N4O/c1-16-9-10-18(21-20-16)23-12-6-11-22(13-14-23)15-19(2,24)17-7-4-3-5-8-17/h3-5,7-10,24H,6,11-15H2,1-2H3. The highest BCUT2D eigenvalue weighted by atomic mass is 16.3. The van der Waals surface area contributed by atoms with Gasteiger partial charge < -0.3 is 10.0 Å². The summed E-state index contributed by atoms with van der Waals surface area (Å²) in [5, 5.41) is 19.3. The second-order valence-electron chi connectivity index (χ2n) is 6.79. The quantitative estimate of drug-likeness (QED) is 0.933. The van der Waals surface area contributed by atoms with Gasteiger partial charge in [-0.05, 0) is 38.0 Å². The van der Waals surface area contributed by atoms with Gasteiger partial charge in [0, 0.05) is 32.7 Å². The van der Waals surface area contributed by atoms with Crippen LogP contribution in [0.5, 0.6) is 0 Å². The number of aromatic nitrogens is 2. The molecule has 1 N–H and O–H groups in total. The zero-order chi connectivity index (χ0) is 17.0. The molecule has 1 aromatic heterocycles. The van der Waals surface area contributed by atoms with Crippen LogP contribution in [0.4, 0.5) is 5.82 Å². The Bertz CT molecular complexity index is 642. The predicted octanol–water partition coefficient (Wildman–Crippen LogP) is 2.20. The number of rotatable bonds is 4. The van der Waals surface area contributed by atoms with Crippen LogP contribution in [-0.4, -0.2) is 52.9 Å². The third-order valence-electron chi connectivity index (χ3n) is 4.62. The van der Waals surface area contributed by atoms with E-state index in [9.17, 15) is 5.11 Å². The molecule has 1 aliphatic heterocycles. The molecule has 1 saturated heterocycles. The van der Waals surface area contributed by atoms with Gasteiger partial charge in [0.25, 0.3) is 0 Å². The fourth-order valence-corrected chi connectivity index (χ4v) is 3.24. The number of hydrogen-bond acceptors (Lipinski definition) is 5. The third-order valence-corrected chi connectivity index (χ3v) is 4.62. The molecule has 0 amide bonds. The molecule has 3 rings (SSSR count). The highest BCUT2D eigenvalue weighted by molar-refractivity contribution is 5.37. The fourth-order valence-electron chi connectivity index (χ4n) is 3.24. The monoisotopic (exact) mass is 326 g/mol. The number of aryl methyl sites for hydroxylation is 1. The largest absolute Gasteiger partial charge is 0.384 e. The van der Waals surface area contributed by atoms with Crippen molar-refractivity contribution < 1.29 is 5.11 Å². The molecule has 5 nitrogen and oxygen atoms in total. The van der Waals surface area contributed by atoms with E-state index in [1.165, 1.54) is 0 Å². The Labute approximate surface area is 143 Å². The maximum atomic E-state index is 10.9. The van der Waals surface area contributed by atoms with Crippen LogP contribution in [0, 0.1) is 6.92 Å². The maximum absolute atomic E-state index is 10.9. The average molecular weight is 326 g/mol. The third kappa shape index (κ3) is 4.10. The summed E-state index contributed by atoms with van der Waals surface area (Å²) in [4.78, 5) is 4.62. The Morgan fingerprint density at radius 3 is 2.50 bits per heavy atom. The van der Waals surface area contributed by atoms with Gasteiger partial charge >= 0.3 is 0 Å². The molecule has 0 bridgehead atoms. The van der Waals surface area contributed by atoms with Crippen molar-refractivity contribution in [1.29, 1.82) is 0 Å². The zero-order valence-corrected chi connectivity index (χ0v) is 14.5. The molecule has 1 unspecified atom stereocenters. The van der Waals surface area contributed by atoms with Crippen molar-refractivity contribution in [2.75, 3.05) is 37.6 Å². The summed E-state index contributed by atoms with van der Waals surface area (Å²) in [5.41, 5.74) is 1.07. The minimum absolute atomic E-state index is 0.643. The summed E-state index contributed by atoms with van der Waals surface area (Å²) in [6.45, 7) is 8.27. The molecule has 1 fully saturated rings. The van der Waals surface area contributed by atoms with Gasteiger partial charge in [0.05, 0.1) is 11.3 Å². The first kappa shape index (κ1) is 16.9. The topological polar surface area (TPSA) is 52.5 Å². The number of nitrogens with zero attached hydrogens (tertiary/aromatic N) is 4. The van der Waals surface area contributed by atoms with Crippen molar-refractivity contribution in [2.24, 2.45) is 0 Å². The van der Waals surface area contributed by atoms with Crippen molar-refractivity contribution >= 4 is 5.82 Å². The van der Waals surface area contributed by atoms with Gasteiger partial charge in [-0.25, -0.2) is 0 Å². The van der Waals surface area contributed by atoms with E-state index in [2.05, 4.69) is 20.0 Å². The molecule has 1 aliphatic rings. The van der Waals surface area contributed by atoms with Crippen LogP contribution in [0.25, 0.3) is 0 Å². The van der Waals surface area contributed by atoms with E-state index in [-0.39, 0.29) is 0 Å². The molecule has 2 aromatic rings. The lowest BCUT2D eigenvalue weighted by Gasteiger charge is -2.31. The zero-order valence-electron chi connectivity index (χ0n) is 14.5. The Morgan fingerprint density at radius 2 is 1.79 bits per heavy atom. The molecule has 24 heavy (non-hydrogen) atoms. The summed E-state index contributed by atoms with van der Waals surface area (Å²) in [5.74, 6) is 0.942. The molecular formula is C19H26N4O. The predicted molar refractivity (Wildman–Crippen MR) is 96.1 cm³/mol. The lowest BCUT2D eigenvalue weighted by Crippen LogP contribution is -2.41. The fraction of sp³-hybridized carbons (Fsp3) is 0.474. The van der Waals surface area contributed by atoms with Crippen molar-refractivity contribution in [3.63, 3.8) is 0 Å². The van der Waals surface area contributed by atoms with Gasteiger partial charge in [-0.2, -0.15) is 5.10 Å². The van der Waals surface area contributed by atoms with E-state index in [4.69, 9.17) is 0 Å². The smallest absolute Gasteiger partial charge is 0.151 e. The van der Waals surface area contributed by atoms with Gasteiger partial charge in [-0.1, -0.05) is 30.3 Å². The Kier molecular flexibility index (Phi) is 5.11. The molecule has 1 aromatic carbocycles. The van der Waals surface area contributed by atoms with Crippen LogP contribution in [0.3, 0.4) is 0 Å². The maximum Gasteiger partial charge on any atom is 0.151 e. The summed E-state index contributed by atoms with van der Waals surface area (Å²) in [6, 6.07) is 14.0. The minimum Gasteiger partial charge on any atom is -0.384 e. The minimum atomic E-state index is -0.833.